The number of benzene rings is 1. The van der Waals surface area contributed by atoms with Crippen molar-refractivity contribution in [2.45, 2.75) is 19.3 Å². The molecule has 0 spiro atoms. The number of anilines is 2. The normalized spacial score (nSPS) is 14.4. The van der Waals surface area contributed by atoms with Crippen molar-refractivity contribution in [2.24, 2.45) is 5.92 Å². The van der Waals surface area contributed by atoms with E-state index in [0.717, 1.165) is 61.6 Å². The molecule has 198 valence electrons. The fraction of sp³-hybridized carbons (Fsp3) is 0.357. The molecule has 10 nitrogen and oxygen atoms in total. The molecule has 4 aromatic rings. The van der Waals surface area contributed by atoms with Gasteiger partial charge in [0.05, 0.1) is 37.5 Å². The van der Waals surface area contributed by atoms with Crippen LogP contribution in [0.4, 0.5) is 11.6 Å². The van der Waals surface area contributed by atoms with Crippen molar-refractivity contribution in [3.8, 4) is 34.3 Å². The molecule has 0 amide bonds. The summed E-state index contributed by atoms with van der Waals surface area (Å²) in [4.78, 5) is 23.4. The summed E-state index contributed by atoms with van der Waals surface area (Å²) in [6.07, 6.45) is 9.95. The van der Waals surface area contributed by atoms with Gasteiger partial charge in [0, 0.05) is 42.9 Å². The summed E-state index contributed by atoms with van der Waals surface area (Å²) < 4.78 is 11.3. The van der Waals surface area contributed by atoms with Gasteiger partial charge < -0.3 is 29.8 Å². The zero-order valence-electron chi connectivity index (χ0n) is 21.5. The second-order valence-electron chi connectivity index (χ2n) is 9.35. The first-order valence-corrected chi connectivity index (χ1v) is 12.9. The van der Waals surface area contributed by atoms with Crippen molar-refractivity contribution >= 4 is 11.6 Å². The van der Waals surface area contributed by atoms with Crippen LogP contribution in [0, 0.1) is 5.92 Å². The molecule has 1 aliphatic heterocycles. The monoisotopic (exact) mass is 515 g/mol. The summed E-state index contributed by atoms with van der Waals surface area (Å²) >= 11 is 0. The Hall–Kier alpha value is -4.02. The van der Waals surface area contributed by atoms with Gasteiger partial charge in [-0.15, -0.1) is 0 Å². The van der Waals surface area contributed by atoms with Crippen molar-refractivity contribution < 1.29 is 14.6 Å². The van der Waals surface area contributed by atoms with E-state index in [1.807, 2.05) is 36.4 Å². The zero-order valence-corrected chi connectivity index (χ0v) is 21.5. The van der Waals surface area contributed by atoms with Crippen molar-refractivity contribution in [2.75, 3.05) is 45.3 Å². The summed E-state index contributed by atoms with van der Waals surface area (Å²) in [6, 6.07) is 11.5. The summed E-state index contributed by atoms with van der Waals surface area (Å²) in [5.41, 5.74) is 3.16. The van der Waals surface area contributed by atoms with Gasteiger partial charge in [0.15, 0.2) is 0 Å². The molecular weight excluding hydrogens is 482 g/mol. The maximum Gasteiger partial charge on any atom is 0.227 e. The molecule has 0 unspecified atom stereocenters. The maximum atomic E-state index is 9.29. The summed E-state index contributed by atoms with van der Waals surface area (Å²) in [5, 5.41) is 12.6. The molecule has 1 aromatic carbocycles. The van der Waals surface area contributed by atoms with Crippen LogP contribution in [0.3, 0.4) is 0 Å². The van der Waals surface area contributed by atoms with Gasteiger partial charge in [0.25, 0.3) is 0 Å². The van der Waals surface area contributed by atoms with E-state index in [9.17, 15) is 5.11 Å². The zero-order chi connectivity index (χ0) is 26.2. The molecule has 0 bridgehead atoms. The number of aromatic nitrogens is 5. The number of nitrogens with zero attached hydrogens (tertiary/aromatic N) is 5. The largest absolute Gasteiger partial charge is 0.495 e. The van der Waals surface area contributed by atoms with Crippen LogP contribution < -0.4 is 14.8 Å². The highest BCUT2D eigenvalue weighted by Gasteiger charge is 2.17. The van der Waals surface area contributed by atoms with Gasteiger partial charge in [0.2, 0.25) is 5.95 Å². The number of piperidine rings is 1. The number of hydrogen-bond donors (Lipinski definition) is 3. The molecule has 5 rings (SSSR count). The van der Waals surface area contributed by atoms with Crippen LogP contribution in [0.15, 0.2) is 61.2 Å². The minimum absolute atomic E-state index is 0.308. The third kappa shape index (κ3) is 6.64. The first-order valence-electron chi connectivity index (χ1n) is 12.9. The van der Waals surface area contributed by atoms with Crippen LogP contribution in [0.1, 0.15) is 19.3 Å². The van der Waals surface area contributed by atoms with E-state index in [1.54, 1.807) is 31.9 Å². The number of methoxy groups -OCH3 is 1. The van der Waals surface area contributed by atoms with Crippen LogP contribution in [-0.2, 0) is 0 Å². The van der Waals surface area contributed by atoms with Crippen LogP contribution in [0.5, 0.6) is 11.5 Å². The third-order valence-electron chi connectivity index (χ3n) is 6.67. The lowest BCUT2D eigenvalue weighted by Gasteiger charge is -2.30. The molecule has 3 aromatic heterocycles. The number of imidazole rings is 1. The van der Waals surface area contributed by atoms with Gasteiger partial charge in [-0.2, -0.15) is 0 Å². The molecular formula is C28H33N7O3. The van der Waals surface area contributed by atoms with Crippen molar-refractivity contribution in [3.63, 3.8) is 0 Å². The van der Waals surface area contributed by atoms with E-state index < -0.39 is 0 Å². The summed E-state index contributed by atoms with van der Waals surface area (Å²) in [5.74, 6) is 3.09. The minimum Gasteiger partial charge on any atom is -0.495 e. The van der Waals surface area contributed by atoms with Crippen molar-refractivity contribution in [1.29, 1.82) is 0 Å². The number of ether oxygens (including phenoxy) is 2. The van der Waals surface area contributed by atoms with Gasteiger partial charge in [-0.1, -0.05) is 6.07 Å². The Bertz CT molecular complexity index is 1320. The van der Waals surface area contributed by atoms with E-state index in [4.69, 9.17) is 9.47 Å². The smallest absolute Gasteiger partial charge is 0.227 e. The predicted molar refractivity (Wildman–Crippen MR) is 145 cm³/mol. The number of hydrogen-bond acceptors (Lipinski definition) is 9. The van der Waals surface area contributed by atoms with Crippen LogP contribution in [0.2, 0.25) is 0 Å². The molecule has 10 heteroatoms. The number of rotatable bonds is 11. The lowest BCUT2D eigenvalue weighted by molar-refractivity contribution is 0.126. The Kier molecular flexibility index (Phi) is 8.42. The summed E-state index contributed by atoms with van der Waals surface area (Å²) in [7, 11) is 1.61. The third-order valence-corrected chi connectivity index (χ3v) is 6.67. The maximum absolute atomic E-state index is 9.29. The topological polar surface area (TPSA) is 121 Å². The molecule has 0 saturated carbocycles. The highest BCUT2D eigenvalue weighted by Crippen LogP contribution is 2.25. The van der Waals surface area contributed by atoms with E-state index in [0.29, 0.717) is 42.3 Å². The van der Waals surface area contributed by atoms with Crippen LogP contribution in [-0.4, -0.2) is 74.9 Å². The second kappa shape index (κ2) is 12.5. The number of aliphatic hydroxyl groups is 1. The molecule has 38 heavy (non-hydrogen) atoms. The van der Waals surface area contributed by atoms with Gasteiger partial charge in [-0.25, -0.2) is 15.0 Å². The average molecular weight is 516 g/mol. The van der Waals surface area contributed by atoms with Gasteiger partial charge in [0.1, 0.15) is 17.3 Å². The quantitative estimate of drug-likeness (QED) is 0.253. The van der Waals surface area contributed by atoms with E-state index in [-0.39, 0.29) is 0 Å². The average Bonchev–Trinajstić information content (AvgIpc) is 3.47. The Morgan fingerprint density at radius 2 is 1.97 bits per heavy atom. The van der Waals surface area contributed by atoms with E-state index in [2.05, 4.69) is 35.1 Å². The number of aromatic amines is 1. The molecule has 1 fully saturated rings. The number of likely N-dealkylation sites (tertiary alicyclic amines) is 1. The first kappa shape index (κ1) is 25.6. The Balaban J connectivity index is 1.16. The predicted octanol–water partition coefficient (Wildman–Crippen LogP) is 4.15. The van der Waals surface area contributed by atoms with Crippen LogP contribution >= 0.6 is 0 Å². The Morgan fingerprint density at radius 1 is 1.08 bits per heavy atom. The van der Waals surface area contributed by atoms with Crippen molar-refractivity contribution in [3.05, 3.63) is 61.2 Å². The van der Waals surface area contributed by atoms with Gasteiger partial charge in [-0.05, 0) is 62.5 Å². The molecule has 0 aliphatic carbocycles. The number of aliphatic hydroxyl groups excluding tert-OH is 1. The minimum atomic E-state index is 0.308. The summed E-state index contributed by atoms with van der Waals surface area (Å²) in [6.45, 7) is 4.09. The van der Waals surface area contributed by atoms with E-state index in [1.165, 1.54) is 0 Å². The standard InChI is InChI=1S/C28H33N7O3/c1-37-24-14-21(16-29-17-24)27-31-18-26(33-27)25-6-9-30-28(34-25)32-22-4-2-5-23(15-22)38-13-3-10-35-11-7-20(19-36)8-12-35/h2,4-6,9,14-18,20,36H,3,7-8,10-13,19H2,1H3,(H,31,33)(H,30,32,34). The second-order valence-corrected chi connectivity index (χ2v) is 9.35. The molecule has 3 N–H and O–H groups in total. The number of H-pyrrole nitrogens is 1. The highest BCUT2D eigenvalue weighted by atomic mass is 16.5. The van der Waals surface area contributed by atoms with Crippen molar-refractivity contribution in [1.82, 2.24) is 29.8 Å². The fourth-order valence-corrected chi connectivity index (χ4v) is 4.49. The SMILES string of the molecule is COc1cncc(-c2ncc(-c3ccnc(Nc4cccc(OCCCN5CCC(CO)CC5)c4)n3)[nH]2)c1. The fourth-order valence-electron chi connectivity index (χ4n) is 4.49. The number of pyridine rings is 1. The van der Waals surface area contributed by atoms with E-state index >= 15 is 0 Å². The molecule has 0 radical (unpaired) electrons. The Labute approximate surface area is 222 Å². The van der Waals surface area contributed by atoms with Crippen LogP contribution in [0.25, 0.3) is 22.8 Å². The van der Waals surface area contributed by atoms with Gasteiger partial charge in [-0.3, -0.25) is 4.98 Å². The van der Waals surface area contributed by atoms with Gasteiger partial charge >= 0.3 is 0 Å². The number of nitrogens with one attached hydrogen (secondary N) is 2. The molecule has 1 saturated heterocycles. The Morgan fingerprint density at radius 3 is 2.82 bits per heavy atom. The first-order chi connectivity index (χ1) is 18.7. The molecule has 1 aliphatic rings. The highest BCUT2D eigenvalue weighted by molar-refractivity contribution is 5.64. The lowest BCUT2D eigenvalue weighted by Crippen LogP contribution is -2.35. The lowest BCUT2D eigenvalue weighted by atomic mass is 9.98. The molecule has 4 heterocycles. The molecule has 0 atom stereocenters.